The van der Waals surface area contributed by atoms with E-state index >= 15 is 0 Å². The van der Waals surface area contributed by atoms with E-state index in [-0.39, 0.29) is 5.91 Å². The molecule has 1 amide bonds. The number of amides is 1. The van der Waals surface area contributed by atoms with Crippen LogP contribution in [0.25, 0.3) is 22.7 Å². The van der Waals surface area contributed by atoms with Crippen molar-refractivity contribution in [3.05, 3.63) is 52.3 Å². The zero-order valence-electron chi connectivity index (χ0n) is 17.8. The number of benzene rings is 1. The Labute approximate surface area is 188 Å². The zero-order chi connectivity index (χ0) is 22.2. The number of aryl methyl sites for hydroxylation is 2. The molecule has 0 aliphatic carbocycles. The maximum atomic E-state index is 13.2. The number of thiophene rings is 1. The Balaban J connectivity index is 1.48. The van der Waals surface area contributed by atoms with Gasteiger partial charge in [0.1, 0.15) is 16.4 Å². The molecular weight excluding hydrogens is 430 g/mol. The minimum Gasteiger partial charge on any atom is -0.497 e. The first-order chi connectivity index (χ1) is 15.5. The second-order valence-corrected chi connectivity index (χ2v) is 8.49. The zero-order valence-corrected chi connectivity index (χ0v) is 18.7. The predicted octanol–water partition coefficient (Wildman–Crippen LogP) is 3.84. The lowest BCUT2D eigenvalue weighted by molar-refractivity contribution is 0.101. The van der Waals surface area contributed by atoms with Crippen LogP contribution in [0.15, 0.2) is 34.9 Å². The van der Waals surface area contributed by atoms with Crippen LogP contribution in [0.5, 0.6) is 5.75 Å². The highest BCUT2D eigenvalue weighted by atomic mass is 32.1. The third kappa shape index (κ3) is 3.67. The molecule has 3 aromatic heterocycles. The van der Waals surface area contributed by atoms with E-state index in [1.54, 1.807) is 31.8 Å². The monoisotopic (exact) mass is 451 g/mol. The molecule has 5 rings (SSSR count). The lowest BCUT2D eigenvalue weighted by Crippen LogP contribution is -2.16. The fourth-order valence-electron chi connectivity index (χ4n) is 3.72. The molecule has 0 radical (unpaired) electrons. The van der Waals surface area contributed by atoms with E-state index < -0.39 is 0 Å². The number of rotatable bonds is 5. The molecule has 9 nitrogen and oxygen atoms in total. The number of ether oxygens (including phenoxy) is 2. The van der Waals surface area contributed by atoms with E-state index in [1.807, 2.05) is 24.3 Å². The van der Waals surface area contributed by atoms with Crippen LogP contribution in [0.2, 0.25) is 0 Å². The molecular formula is C22H21N5O4S. The maximum Gasteiger partial charge on any atom is 0.274 e. The van der Waals surface area contributed by atoms with Crippen molar-refractivity contribution >= 4 is 22.2 Å². The molecule has 1 aliphatic rings. The molecule has 1 N–H and O–H groups in total. The molecule has 10 heteroatoms. The van der Waals surface area contributed by atoms with Gasteiger partial charge in [0.15, 0.2) is 5.82 Å². The van der Waals surface area contributed by atoms with Crippen molar-refractivity contribution in [1.82, 2.24) is 19.9 Å². The van der Waals surface area contributed by atoms with Gasteiger partial charge in [0.05, 0.1) is 31.6 Å². The summed E-state index contributed by atoms with van der Waals surface area (Å²) in [6.45, 7) is 2.88. The molecule has 4 heterocycles. The average molecular weight is 452 g/mol. The summed E-state index contributed by atoms with van der Waals surface area (Å²) in [6.07, 6.45) is 0.726. The molecule has 0 saturated carbocycles. The number of nitrogens with zero attached hydrogens (tertiary/aromatic N) is 4. The van der Waals surface area contributed by atoms with Crippen molar-refractivity contribution in [2.75, 3.05) is 19.0 Å². The summed E-state index contributed by atoms with van der Waals surface area (Å²) in [5.41, 5.74) is 3.84. The van der Waals surface area contributed by atoms with Gasteiger partial charge in [0, 0.05) is 17.5 Å². The van der Waals surface area contributed by atoms with E-state index in [0.29, 0.717) is 41.3 Å². The van der Waals surface area contributed by atoms with Crippen LogP contribution in [-0.2, 0) is 24.8 Å². The SMILES string of the molecule is COc1cccc(-c2cc(C(=O)Nc3sc4c(c3-c3nc(C)no3)CCOC4)n(C)n2)c1. The fraction of sp³-hybridized carbons (Fsp3) is 0.273. The molecule has 0 spiro atoms. The van der Waals surface area contributed by atoms with Crippen LogP contribution in [-0.4, -0.2) is 39.5 Å². The Bertz CT molecular complexity index is 1310. The Morgan fingerprint density at radius 3 is 2.97 bits per heavy atom. The smallest absolute Gasteiger partial charge is 0.274 e. The highest BCUT2D eigenvalue weighted by Gasteiger charge is 2.27. The van der Waals surface area contributed by atoms with Crippen molar-refractivity contribution < 1.29 is 18.8 Å². The number of nitrogens with one attached hydrogen (secondary N) is 1. The number of carbonyl (C=O) groups excluding carboxylic acids is 1. The highest BCUT2D eigenvalue weighted by Crippen LogP contribution is 2.42. The van der Waals surface area contributed by atoms with E-state index in [0.717, 1.165) is 33.7 Å². The standard InChI is InChI=1S/C22H21N5O4S/c1-12-23-21(31-26-12)19-15-7-8-30-11-18(15)32-22(19)24-20(28)17-10-16(25-27(17)2)13-5-4-6-14(9-13)29-3/h4-6,9-10H,7-8,11H2,1-3H3,(H,24,28). The van der Waals surface area contributed by atoms with E-state index in [4.69, 9.17) is 14.0 Å². The summed E-state index contributed by atoms with van der Waals surface area (Å²) in [5.74, 6) is 1.40. The largest absolute Gasteiger partial charge is 0.497 e. The van der Waals surface area contributed by atoms with Gasteiger partial charge in [0.25, 0.3) is 11.8 Å². The van der Waals surface area contributed by atoms with Crippen LogP contribution in [0.4, 0.5) is 5.00 Å². The second-order valence-electron chi connectivity index (χ2n) is 7.38. The number of hydrogen-bond acceptors (Lipinski definition) is 8. The second kappa shape index (κ2) is 8.21. The Kier molecular flexibility index (Phi) is 5.24. The molecule has 4 aromatic rings. The van der Waals surface area contributed by atoms with Gasteiger partial charge in [-0.3, -0.25) is 9.48 Å². The number of methoxy groups -OCH3 is 1. The van der Waals surface area contributed by atoms with Crippen molar-refractivity contribution in [2.45, 2.75) is 20.0 Å². The molecule has 1 aliphatic heterocycles. The number of carbonyl (C=O) groups is 1. The van der Waals surface area contributed by atoms with Crippen LogP contribution in [0, 0.1) is 6.92 Å². The molecule has 0 atom stereocenters. The third-order valence-electron chi connectivity index (χ3n) is 5.27. The quantitative estimate of drug-likeness (QED) is 0.492. The molecule has 164 valence electrons. The highest BCUT2D eigenvalue weighted by molar-refractivity contribution is 7.17. The van der Waals surface area contributed by atoms with Gasteiger partial charge in [-0.2, -0.15) is 10.1 Å². The van der Waals surface area contributed by atoms with Crippen LogP contribution in [0.1, 0.15) is 26.8 Å². The molecule has 0 unspecified atom stereocenters. The summed E-state index contributed by atoms with van der Waals surface area (Å²) in [4.78, 5) is 18.7. The first-order valence-electron chi connectivity index (χ1n) is 10.1. The number of hydrogen-bond donors (Lipinski definition) is 1. The van der Waals surface area contributed by atoms with Crippen LogP contribution in [0.3, 0.4) is 0 Å². The van der Waals surface area contributed by atoms with Crippen molar-refractivity contribution in [3.8, 4) is 28.5 Å². The maximum absolute atomic E-state index is 13.2. The van der Waals surface area contributed by atoms with Crippen LogP contribution < -0.4 is 10.1 Å². The minimum absolute atomic E-state index is 0.272. The molecule has 1 aromatic carbocycles. The van der Waals surface area contributed by atoms with Crippen LogP contribution >= 0.6 is 11.3 Å². The summed E-state index contributed by atoms with van der Waals surface area (Å²) in [6, 6.07) is 9.32. The topological polar surface area (TPSA) is 104 Å². The Morgan fingerprint density at radius 1 is 1.31 bits per heavy atom. The van der Waals surface area contributed by atoms with Gasteiger partial charge < -0.3 is 19.3 Å². The predicted molar refractivity (Wildman–Crippen MR) is 119 cm³/mol. The molecule has 0 bridgehead atoms. The normalized spacial score (nSPS) is 13.1. The van der Waals surface area contributed by atoms with Gasteiger partial charge >= 0.3 is 0 Å². The summed E-state index contributed by atoms with van der Waals surface area (Å²) in [7, 11) is 3.36. The van der Waals surface area contributed by atoms with Gasteiger partial charge in [-0.25, -0.2) is 0 Å². The van der Waals surface area contributed by atoms with Crippen molar-refractivity contribution in [1.29, 1.82) is 0 Å². The van der Waals surface area contributed by atoms with Crippen molar-refractivity contribution in [2.24, 2.45) is 7.05 Å². The Morgan fingerprint density at radius 2 is 2.19 bits per heavy atom. The summed E-state index contributed by atoms with van der Waals surface area (Å²) in [5, 5.41) is 12.1. The van der Waals surface area contributed by atoms with Gasteiger partial charge in [0.2, 0.25) is 0 Å². The number of aromatic nitrogens is 4. The fourth-order valence-corrected chi connectivity index (χ4v) is 4.89. The third-order valence-corrected chi connectivity index (χ3v) is 6.39. The van der Waals surface area contributed by atoms with E-state index in [9.17, 15) is 4.79 Å². The molecule has 0 saturated heterocycles. The first kappa shape index (κ1) is 20.4. The Hall–Kier alpha value is -3.50. The molecule has 32 heavy (non-hydrogen) atoms. The van der Waals surface area contributed by atoms with Crippen molar-refractivity contribution in [3.63, 3.8) is 0 Å². The van der Waals surface area contributed by atoms with E-state index in [1.165, 1.54) is 11.3 Å². The first-order valence-corrected chi connectivity index (χ1v) is 10.9. The lowest BCUT2D eigenvalue weighted by Gasteiger charge is -2.12. The van der Waals surface area contributed by atoms with Gasteiger partial charge in [-0.05, 0) is 37.1 Å². The molecule has 0 fully saturated rings. The number of fused-ring (bicyclic) bond motifs is 1. The summed E-state index contributed by atoms with van der Waals surface area (Å²) < 4.78 is 17.9. The number of anilines is 1. The minimum atomic E-state index is -0.272. The van der Waals surface area contributed by atoms with Gasteiger partial charge in [-0.1, -0.05) is 17.3 Å². The summed E-state index contributed by atoms with van der Waals surface area (Å²) >= 11 is 1.47. The van der Waals surface area contributed by atoms with E-state index in [2.05, 4.69) is 20.6 Å². The van der Waals surface area contributed by atoms with Gasteiger partial charge in [-0.15, -0.1) is 11.3 Å². The average Bonchev–Trinajstić information content (AvgIpc) is 3.49. The lowest BCUT2D eigenvalue weighted by atomic mass is 10.1.